The number of nitrogens with one attached hydrogen (secondary N) is 1. The fourth-order valence-corrected chi connectivity index (χ4v) is 3.40. The Labute approximate surface area is 170 Å². The molecule has 0 aliphatic carbocycles. The molecule has 1 saturated heterocycles. The van der Waals surface area contributed by atoms with Gasteiger partial charge in [0.1, 0.15) is 0 Å². The third-order valence-electron chi connectivity index (χ3n) is 5.28. The lowest BCUT2D eigenvalue weighted by atomic mass is 10.1. The van der Waals surface area contributed by atoms with Gasteiger partial charge in [-0.25, -0.2) is 0 Å². The first kappa shape index (κ1) is 20.6. The third-order valence-corrected chi connectivity index (χ3v) is 5.28. The molecule has 1 unspecified atom stereocenters. The van der Waals surface area contributed by atoms with Crippen LogP contribution < -0.4 is 10.2 Å². The van der Waals surface area contributed by atoms with Crippen molar-refractivity contribution in [3.63, 3.8) is 0 Å². The normalized spacial score (nSPS) is 16.0. The van der Waals surface area contributed by atoms with E-state index < -0.39 is 17.8 Å². The summed E-state index contributed by atoms with van der Waals surface area (Å²) < 4.78 is 5.18. The van der Waals surface area contributed by atoms with Crippen LogP contribution in [0, 0.1) is 19.8 Å². The van der Waals surface area contributed by atoms with Crippen molar-refractivity contribution in [2.45, 2.75) is 33.6 Å². The standard InChI is InChI=1S/C23H26N2O4/c1-4-17-7-5-6-8-20(17)24-21(26)14-29-23(28)18-12-22(27)25(13-18)19-10-9-15(2)16(3)11-19/h5-11,18H,4,12-14H2,1-3H3,(H,24,26). The number of carbonyl (C=O) groups is 3. The van der Waals surface area contributed by atoms with Crippen molar-refractivity contribution in [2.75, 3.05) is 23.4 Å². The molecule has 1 N–H and O–H groups in total. The molecular weight excluding hydrogens is 368 g/mol. The van der Waals surface area contributed by atoms with Crippen LogP contribution in [0.3, 0.4) is 0 Å². The maximum absolute atomic E-state index is 12.4. The van der Waals surface area contributed by atoms with Gasteiger partial charge in [0.25, 0.3) is 5.91 Å². The van der Waals surface area contributed by atoms with E-state index in [1.807, 2.05) is 63.2 Å². The predicted octanol–water partition coefficient (Wildman–Crippen LogP) is 3.40. The minimum atomic E-state index is -0.570. The van der Waals surface area contributed by atoms with Gasteiger partial charge >= 0.3 is 5.97 Å². The Morgan fingerprint density at radius 2 is 1.90 bits per heavy atom. The van der Waals surface area contributed by atoms with E-state index in [9.17, 15) is 14.4 Å². The summed E-state index contributed by atoms with van der Waals surface area (Å²) in [5, 5.41) is 2.77. The van der Waals surface area contributed by atoms with Gasteiger partial charge in [-0.15, -0.1) is 0 Å². The van der Waals surface area contributed by atoms with E-state index in [1.54, 1.807) is 4.90 Å². The number of hydrogen-bond donors (Lipinski definition) is 1. The molecule has 2 amide bonds. The van der Waals surface area contributed by atoms with Gasteiger partial charge in [-0.1, -0.05) is 31.2 Å². The minimum absolute atomic E-state index is 0.0893. The van der Waals surface area contributed by atoms with E-state index >= 15 is 0 Å². The Hall–Kier alpha value is -3.15. The van der Waals surface area contributed by atoms with Crippen LogP contribution in [-0.2, 0) is 25.5 Å². The molecule has 6 nitrogen and oxygen atoms in total. The van der Waals surface area contributed by atoms with Gasteiger partial charge in [0.2, 0.25) is 5.91 Å². The highest BCUT2D eigenvalue weighted by atomic mass is 16.5. The van der Waals surface area contributed by atoms with Gasteiger partial charge in [-0.2, -0.15) is 0 Å². The number of carbonyl (C=O) groups excluding carboxylic acids is 3. The predicted molar refractivity (Wildman–Crippen MR) is 112 cm³/mol. The number of ether oxygens (including phenoxy) is 1. The summed E-state index contributed by atoms with van der Waals surface area (Å²) in [6, 6.07) is 13.3. The zero-order valence-corrected chi connectivity index (χ0v) is 17.0. The zero-order chi connectivity index (χ0) is 21.0. The Morgan fingerprint density at radius 3 is 2.62 bits per heavy atom. The number of para-hydroxylation sites is 1. The van der Waals surface area contributed by atoms with E-state index in [4.69, 9.17) is 4.74 Å². The number of hydrogen-bond acceptors (Lipinski definition) is 4. The van der Waals surface area contributed by atoms with Gasteiger partial charge in [0.05, 0.1) is 5.92 Å². The highest BCUT2D eigenvalue weighted by Gasteiger charge is 2.36. The van der Waals surface area contributed by atoms with E-state index in [-0.39, 0.29) is 25.5 Å². The summed E-state index contributed by atoms with van der Waals surface area (Å²) in [7, 11) is 0. The lowest BCUT2D eigenvalue weighted by molar-refractivity contribution is -0.151. The quantitative estimate of drug-likeness (QED) is 0.762. The molecule has 1 aliphatic heterocycles. The molecule has 2 aromatic carbocycles. The number of nitrogens with zero attached hydrogens (tertiary/aromatic N) is 1. The summed E-state index contributed by atoms with van der Waals surface area (Å²) in [5.41, 5.74) is 4.74. The molecule has 0 saturated carbocycles. The average Bonchev–Trinajstić information content (AvgIpc) is 3.10. The van der Waals surface area contributed by atoms with Crippen LogP contribution in [0.5, 0.6) is 0 Å². The maximum Gasteiger partial charge on any atom is 0.311 e. The van der Waals surface area contributed by atoms with E-state index in [1.165, 1.54) is 0 Å². The first-order chi connectivity index (χ1) is 13.9. The van der Waals surface area contributed by atoms with Gasteiger partial charge in [0.15, 0.2) is 6.61 Å². The van der Waals surface area contributed by atoms with Crippen molar-refractivity contribution in [3.8, 4) is 0 Å². The summed E-state index contributed by atoms with van der Waals surface area (Å²) >= 11 is 0. The Balaban J connectivity index is 1.55. The van der Waals surface area contributed by atoms with Crippen molar-refractivity contribution >= 4 is 29.2 Å². The number of rotatable bonds is 6. The van der Waals surface area contributed by atoms with E-state index in [2.05, 4.69) is 5.32 Å². The van der Waals surface area contributed by atoms with Crippen molar-refractivity contribution in [2.24, 2.45) is 5.92 Å². The van der Waals surface area contributed by atoms with Crippen molar-refractivity contribution < 1.29 is 19.1 Å². The Kier molecular flexibility index (Phi) is 6.32. The van der Waals surface area contributed by atoms with Crippen molar-refractivity contribution in [3.05, 3.63) is 59.2 Å². The maximum atomic E-state index is 12.4. The second-order valence-electron chi connectivity index (χ2n) is 7.34. The number of esters is 1. The fourth-order valence-electron chi connectivity index (χ4n) is 3.40. The molecule has 1 fully saturated rings. The van der Waals surface area contributed by atoms with Gasteiger partial charge < -0.3 is 15.0 Å². The Morgan fingerprint density at radius 1 is 1.14 bits per heavy atom. The lowest BCUT2D eigenvalue weighted by Gasteiger charge is -2.18. The SMILES string of the molecule is CCc1ccccc1NC(=O)COC(=O)C1CC(=O)N(c2ccc(C)c(C)c2)C1. The first-order valence-electron chi connectivity index (χ1n) is 9.81. The highest BCUT2D eigenvalue weighted by Crippen LogP contribution is 2.27. The summed E-state index contributed by atoms with van der Waals surface area (Å²) in [4.78, 5) is 38.5. The van der Waals surface area contributed by atoms with Crippen LogP contribution in [0.25, 0.3) is 0 Å². The molecule has 1 heterocycles. The molecule has 0 radical (unpaired) electrons. The van der Waals surface area contributed by atoms with Gasteiger partial charge in [0, 0.05) is 24.3 Å². The van der Waals surface area contributed by atoms with Crippen LogP contribution in [-0.4, -0.2) is 30.9 Å². The molecule has 3 rings (SSSR count). The summed E-state index contributed by atoms with van der Waals surface area (Å²) in [5.74, 6) is -1.60. The number of aryl methyl sites for hydroxylation is 3. The number of anilines is 2. The van der Waals surface area contributed by atoms with Crippen molar-refractivity contribution in [1.29, 1.82) is 0 Å². The second kappa shape index (κ2) is 8.90. The number of benzene rings is 2. The molecule has 1 aliphatic rings. The molecule has 6 heteroatoms. The molecule has 152 valence electrons. The average molecular weight is 394 g/mol. The molecule has 29 heavy (non-hydrogen) atoms. The smallest absolute Gasteiger partial charge is 0.311 e. The van der Waals surface area contributed by atoms with Gasteiger partial charge in [-0.05, 0) is 55.2 Å². The first-order valence-corrected chi connectivity index (χ1v) is 9.81. The molecule has 2 aromatic rings. The molecule has 0 bridgehead atoms. The molecule has 0 aromatic heterocycles. The van der Waals surface area contributed by atoms with Crippen LogP contribution in [0.15, 0.2) is 42.5 Å². The molecular formula is C23H26N2O4. The molecule has 1 atom stereocenters. The number of amides is 2. The third kappa shape index (κ3) is 4.83. The van der Waals surface area contributed by atoms with Crippen LogP contribution in [0.2, 0.25) is 0 Å². The fraction of sp³-hybridized carbons (Fsp3) is 0.348. The highest BCUT2D eigenvalue weighted by molar-refractivity contribution is 6.00. The largest absolute Gasteiger partial charge is 0.455 e. The Bertz CT molecular complexity index is 938. The second-order valence-corrected chi connectivity index (χ2v) is 7.34. The molecule has 0 spiro atoms. The monoisotopic (exact) mass is 394 g/mol. The van der Waals surface area contributed by atoms with Crippen molar-refractivity contribution in [1.82, 2.24) is 0 Å². The van der Waals surface area contributed by atoms with E-state index in [0.717, 1.165) is 28.8 Å². The zero-order valence-electron chi connectivity index (χ0n) is 17.0. The van der Waals surface area contributed by atoms with E-state index in [0.29, 0.717) is 5.69 Å². The van der Waals surface area contributed by atoms with Crippen LogP contribution in [0.1, 0.15) is 30.0 Å². The van der Waals surface area contributed by atoms with Crippen LogP contribution in [0.4, 0.5) is 11.4 Å². The topological polar surface area (TPSA) is 75.7 Å². The lowest BCUT2D eigenvalue weighted by Crippen LogP contribution is -2.28. The van der Waals surface area contributed by atoms with Crippen LogP contribution >= 0.6 is 0 Å². The summed E-state index contributed by atoms with van der Waals surface area (Å²) in [6.45, 7) is 5.89. The van der Waals surface area contributed by atoms with Gasteiger partial charge in [-0.3, -0.25) is 14.4 Å². The summed E-state index contributed by atoms with van der Waals surface area (Å²) in [6.07, 6.45) is 0.876. The minimum Gasteiger partial charge on any atom is -0.455 e.